The number of halogens is 2. The molecule has 0 fully saturated rings. The van der Waals surface area contributed by atoms with E-state index >= 15 is 0 Å². The average Bonchev–Trinajstić information content (AvgIpc) is 2.56. The molecule has 0 heterocycles. The van der Waals surface area contributed by atoms with E-state index in [1.165, 1.54) is 57.4 Å². The van der Waals surface area contributed by atoms with Crippen molar-refractivity contribution in [3.8, 4) is 0 Å². The van der Waals surface area contributed by atoms with Crippen molar-refractivity contribution >= 4 is 5.97 Å². The van der Waals surface area contributed by atoms with Gasteiger partial charge in [-0.15, -0.1) is 0 Å². The van der Waals surface area contributed by atoms with Crippen LogP contribution in [0.4, 0.5) is 8.78 Å². The van der Waals surface area contributed by atoms with Crippen LogP contribution in [0.3, 0.4) is 0 Å². The highest BCUT2D eigenvalue weighted by molar-refractivity contribution is 5.90. The van der Waals surface area contributed by atoms with Crippen molar-refractivity contribution in [3.05, 3.63) is 35.4 Å². The molecule has 0 saturated heterocycles. The van der Waals surface area contributed by atoms with E-state index in [0.29, 0.717) is 0 Å². The lowest BCUT2D eigenvalue weighted by atomic mass is 10.0. The number of hydrogen-bond donors (Lipinski definition) is 0. The van der Waals surface area contributed by atoms with E-state index in [1.54, 1.807) is 6.92 Å². The number of esters is 1. The molecule has 0 aliphatic carbocycles. The first-order valence-corrected chi connectivity index (χ1v) is 9.71. The summed E-state index contributed by atoms with van der Waals surface area (Å²) in [5, 5.41) is 0. The summed E-state index contributed by atoms with van der Waals surface area (Å²) in [7, 11) is 0. The summed E-state index contributed by atoms with van der Waals surface area (Å²) in [6.45, 7) is 4.00. The Morgan fingerprint density at radius 1 is 0.920 bits per heavy atom. The Kier molecular flexibility index (Phi) is 11.1. The van der Waals surface area contributed by atoms with Gasteiger partial charge in [0.25, 0.3) is 0 Å². The monoisotopic (exact) mass is 354 g/mol. The summed E-state index contributed by atoms with van der Waals surface area (Å²) in [5.41, 5.74) is -0.600. The number of unbranched alkanes of at least 4 members (excludes halogenated alkanes) is 9. The zero-order valence-corrected chi connectivity index (χ0v) is 15.7. The molecule has 0 bridgehead atoms. The van der Waals surface area contributed by atoms with Crippen LogP contribution in [0.1, 0.15) is 94.8 Å². The van der Waals surface area contributed by atoms with Crippen LogP contribution in [0.25, 0.3) is 0 Å². The Labute approximate surface area is 151 Å². The van der Waals surface area contributed by atoms with Crippen molar-refractivity contribution in [2.45, 2.75) is 90.6 Å². The molecule has 0 aromatic heterocycles. The molecule has 0 saturated carbocycles. The predicted octanol–water partition coefficient (Wildman–Crippen LogP) is 6.82. The van der Waals surface area contributed by atoms with E-state index in [9.17, 15) is 13.6 Å². The molecular weight excluding hydrogens is 322 g/mol. The number of carbonyl (C=O) groups excluding carboxylic acids is 1. The van der Waals surface area contributed by atoms with Crippen LogP contribution in [0, 0.1) is 11.6 Å². The highest BCUT2D eigenvalue weighted by atomic mass is 19.1. The third-order valence-corrected chi connectivity index (χ3v) is 4.44. The van der Waals surface area contributed by atoms with Crippen LogP contribution in [0.15, 0.2) is 18.2 Å². The van der Waals surface area contributed by atoms with Gasteiger partial charge in [-0.1, -0.05) is 70.8 Å². The summed E-state index contributed by atoms with van der Waals surface area (Å²) in [6, 6.07) is 3.36. The lowest BCUT2D eigenvalue weighted by molar-refractivity contribution is 0.0308. The number of rotatable bonds is 13. The van der Waals surface area contributed by atoms with E-state index in [2.05, 4.69) is 6.92 Å². The summed E-state index contributed by atoms with van der Waals surface area (Å²) in [5.74, 6) is -2.68. The predicted molar refractivity (Wildman–Crippen MR) is 97.7 cm³/mol. The Balaban J connectivity index is 2.11. The van der Waals surface area contributed by atoms with Gasteiger partial charge in [0.05, 0.1) is 6.10 Å². The summed E-state index contributed by atoms with van der Waals surface area (Å²) < 4.78 is 32.2. The van der Waals surface area contributed by atoms with Gasteiger partial charge in [0, 0.05) is 0 Å². The minimum atomic E-state index is -0.921. The molecule has 1 atom stereocenters. The molecule has 142 valence electrons. The first-order valence-electron chi connectivity index (χ1n) is 9.71. The van der Waals surface area contributed by atoms with Crippen LogP contribution in [-0.2, 0) is 4.74 Å². The summed E-state index contributed by atoms with van der Waals surface area (Å²) in [6.07, 6.45) is 12.8. The van der Waals surface area contributed by atoms with Crippen LogP contribution in [0.2, 0.25) is 0 Å². The highest BCUT2D eigenvalue weighted by Gasteiger charge is 2.20. The third-order valence-electron chi connectivity index (χ3n) is 4.44. The molecule has 0 aliphatic rings. The van der Waals surface area contributed by atoms with Crippen LogP contribution < -0.4 is 0 Å². The maximum absolute atomic E-state index is 13.5. The van der Waals surface area contributed by atoms with Gasteiger partial charge in [-0.2, -0.15) is 0 Å². The Morgan fingerprint density at radius 2 is 1.40 bits per heavy atom. The molecule has 2 nitrogen and oxygen atoms in total. The summed E-state index contributed by atoms with van der Waals surface area (Å²) >= 11 is 0. The van der Waals surface area contributed by atoms with Gasteiger partial charge in [0.1, 0.15) is 17.2 Å². The zero-order valence-electron chi connectivity index (χ0n) is 15.7. The standard InChI is InChI=1S/C21H32F2O2/c1-3-4-5-6-7-8-9-10-11-12-14-17(2)25-21(24)20-18(22)15-13-16-19(20)23/h13,15-17H,3-12,14H2,1-2H3. The molecule has 1 aromatic rings. The molecule has 1 rings (SSSR count). The van der Waals surface area contributed by atoms with Gasteiger partial charge in [-0.05, 0) is 31.9 Å². The molecule has 0 amide bonds. The second-order valence-corrected chi connectivity index (χ2v) is 6.78. The molecule has 0 spiro atoms. The molecule has 25 heavy (non-hydrogen) atoms. The maximum atomic E-state index is 13.5. The zero-order chi connectivity index (χ0) is 18.5. The van der Waals surface area contributed by atoms with Crippen molar-refractivity contribution in [1.29, 1.82) is 0 Å². The fraction of sp³-hybridized carbons (Fsp3) is 0.667. The maximum Gasteiger partial charge on any atom is 0.344 e. The van der Waals surface area contributed by atoms with Crippen LogP contribution in [-0.4, -0.2) is 12.1 Å². The number of hydrogen-bond acceptors (Lipinski definition) is 2. The van der Waals surface area contributed by atoms with E-state index < -0.39 is 23.2 Å². The molecule has 1 unspecified atom stereocenters. The van der Waals surface area contributed by atoms with Gasteiger partial charge in [0.2, 0.25) is 0 Å². The van der Waals surface area contributed by atoms with Crippen LogP contribution >= 0.6 is 0 Å². The van der Waals surface area contributed by atoms with Crippen molar-refractivity contribution in [2.75, 3.05) is 0 Å². The Morgan fingerprint density at radius 3 is 1.92 bits per heavy atom. The lowest BCUT2D eigenvalue weighted by Crippen LogP contribution is -2.17. The highest BCUT2D eigenvalue weighted by Crippen LogP contribution is 2.17. The van der Waals surface area contributed by atoms with Gasteiger partial charge in [0.15, 0.2) is 0 Å². The molecule has 0 radical (unpaired) electrons. The topological polar surface area (TPSA) is 26.3 Å². The van der Waals surface area contributed by atoms with Gasteiger partial charge < -0.3 is 4.74 Å². The van der Waals surface area contributed by atoms with Crippen LogP contribution in [0.5, 0.6) is 0 Å². The fourth-order valence-corrected chi connectivity index (χ4v) is 2.91. The molecule has 4 heteroatoms. The largest absolute Gasteiger partial charge is 0.459 e. The summed E-state index contributed by atoms with van der Waals surface area (Å²) in [4.78, 5) is 11.9. The normalized spacial score (nSPS) is 12.2. The first-order chi connectivity index (χ1) is 12.1. The Bertz CT molecular complexity index is 482. The minimum absolute atomic E-state index is 0.333. The number of benzene rings is 1. The number of ether oxygens (including phenoxy) is 1. The van der Waals surface area contributed by atoms with Gasteiger partial charge in [-0.3, -0.25) is 0 Å². The van der Waals surface area contributed by atoms with Crippen molar-refractivity contribution in [1.82, 2.24) is 0 Å². The van der Waals surface area contributed by atoms with Gasteiger partial charge in [-0.25, -0.2) is 13.6 Å². The number of carbonyl (C=O) groups is 1. The quantitative estimate of drug-likeness (QED) is 0.287. The van der Waals surface area contributed by atoms with E-state index in [-0.39, 0.29) is 6.10 Å². The minimum Gasteiger partial charge on any atom is -0.459 e. The molecule has 0 N–H and O–H groups in total. The average molecular weight is 354 g/mol. The van der Waals surface area contributed by atoms with Crippen molar-refractivity contribution in [3.63, 3.8) is 0 Å². The molecule has 1 aromatic carbocycles. The van der Waals surface area contributed by atoms with Crippen molar-refractivity contribution < 1.29 is 18.3 Å². The van der Waals surface area contributed by atoms with E-state index in [1.807, 2.05) is 0 Å². The smallest absolute Gasteiger partial charge is 0.344 e. The van der Waals surface area contributed by atoms with E-state index in [0.717, 1.165) is 31.4 Å². The molecular formula is C21H32F2O2. The van der Waals surface area contributed by atoms with Crippen molar-refractivity contribution in [2.24, 2.45) is 0 Å². The van der Waals surface area contributed by atoms with E-state index in [4.69, 9.17) is 4.74 Å². The fourth-order valence-electron chi connectivity index (χ4n) is 2.91. The molecule has 0 aliphatic heterocycles. The SMILES string of the molecule is CCCCCCCCCCCCC(C)OC(=O)c1c(F)cccc1F. The second kappa shape index (κ2) is 12.8. The second-order valence-electron chi connectivity index (χ2n) is 6.78. The lowest BCUT2D eigenvalue weighted by Gasteiger charge is -2.13. The first kappa shape index (κ1) is 21.6. The Hall–Kier alpha value is -1.45. The third kappa shape index (κ3) is 8.99. The van der Waals surface area contributed by atoms with Gasteiger partial charge >= 0.3 is 5.97 Å².